The van der Waals surface area contributed by atoms with E-state index < -0.39 is 5.60 Å². The number of hydrogen-bond acceptors (Lipinski definition) is 3. The molecule has 0 spiro atoms. The molecule has 2 heterocycles. The lowest BCUT2D eigenvalue weighted by molar-refractivity contribution is -0.0958. The van der Waals surface area contributed by atoms with E-state index in [-0.39, 0.29) is 5.91 Å². The number of carbonyl (C=O) groups is 1. The Morgan fingerprint density at radius 1 is 1.24 bits per heavy atom. The van der Waals surface area contributed by atoms with Gasteiger partial charge in [0.15, 0.2) is 0 Å². The number of β-amino-alcohol motifs (C(OH)–C–C–N with tert-alkyl or cyclic N) is 1. The largest absolute Gasteiger partial charge is 0.386 e. The molecule has 21 heavy (non-hydrogen) atoms. The fourth-order valence-corrected chi connectivity index (χ4v) is 2.97. The predicted molar refractivity (Wildman–Crippen MR) is 77.1 cm³/mol. The van der Waals surface area contributed by atoms with Crippen LogP contribution in [0.3, 0.4) is 0 Å². The van der Waals surface area contributed by atoms with Gasteiger partial charge in [-0.15, -0.1) is 0 Å². The quantitative estimate of drug-likeness (QED) is 0.928. The Bertz CT molecular complexity index is 670. The van der Waals surface area contributed by atoms with Crippen molar-refractivity contribution in [1.29, 1.82) is 0 Å². The van der Waals surface area contributed by atoms with Crippen molar-refractivity contribution in [3.8, 4) is 5.69 Å². The van der Waals surface area contributed by atoms with Gasteiger partial charge < -0.3 is 10.0 Å². The third kappa shape index (κ3) is 2.14. The van der Waals surface area contributed by atoms with E-state index in [0.717, 1.165) is 18.5 Å². The van der Waals surface area contributed by atoms with Crippen LogP contribution in [0.5, 0.6) is 0 Å². The topological polar surface area (TPSA) is 58.4 Å². The smallest absolute Gasteiger partial charge is 0.257 e. The molecule has 0 bridgehead atoms. The Hall–Kier alpha value is -2.14. The summed E-state index contributed by atoms with van der Waals surface area (Å²) < 4.78 is 1.69. The molecule has 1 aromatic carbocycles. The lowest BCUT2D eigenvalue weighted by Crippen LogP contribution is -2.64. The van der Waals surface area contributed by atoms with Crippen molar-refractivity contribution in [3.05, 3.63) is 48.3 Å². The van der Waals surface area contributed by atoms with Gasteiger partial charge in [-0.3, -0.25) is 4.79 Å². The summed E-state index contributed by atoms with van der Waals surface area (Å²) in [5, 5.41) is 14.5. The molecule has 1 amide bonds. The number of rotatable bonds is 3. The van der Waals surface area contributed by atoms with Crippen LogP contribution in [0, 0.1) is 5.92 Å². The van der Waals surface area contributed by atoms with Gasteiger partial charge >= 0.3 is 0 Å². The highest BCUT2D eigenvalue weighted by Gasteiger charge is 2.53. The highest BCUT2D eigenvalue weighted by Crippen LogP contribution is 2.44. The van der Waals surface area contributed by atoms with Crippen LogP contribution >= 0.6 is 0 Å². The minimum atomic E-state index is -0.634. The first-order chi connectivity index (χ1) is 10.2. The number of aromatic nitrogens is 2. The molecule has 1 aliphatic heterocycles. The zero-order valence-corrected chi connectivity index (χ0v) is 11.6. The zero-order valence-electron chi connectivity index (χ0n) is 11.6. The van der Waals surface area contributed by atoms with E-state index in [1.165, 1.54) is 0 Å². The minimum Gasteiger partial charge on any atom is -0.386 e. The Morgan fingerprint density at radius 2 is 1.95 bits per heavy atom. The molecule has 2 fully saturated rings. The second-order valence-corrected chi connectivity index (χ2v) is 6.05. The first-order valence-corrected chi connectivity index (χ1v) is 7.27. The summed E-state index contributed by atoms with van der Waals surface area (Å²) in [5.41, 5.74) is 0.858. The van der Waals surface area contributed by atoms with Crippen molar-refractivity contribution in [2.75, 3.05) is 13.1 Å². The number of benzene rings is 1. The highest BCUT2D eigenvalue weighted by atomic mass is 16.3. The first-order valence-electron chi connectivity index (χ1n) is 7.27. The van der Waals surface area contributed by atoms with Crippen LogP contribution in [0.2, 0.25) is 0 Å². The van der Waals surface area contributed by atoms with Crippen LogP contribution in [-0.4, -0.2) is 44.4 Å². The number of aliphatic hydroxyl groups is 1. The number of carbonyl (C=O) groups excluding carboxylic acids is 1. The molecular weight excluding hydrogens is 266 g/mol. The molecule has 2 aliphatic rings. The van der Waals surface area contributed by atoms with Gasteiger partial charge in [0.1, 0.15) is 5.60 Å². The number of hydrogen-bond donors (Lipinski definition) is 1. The van der Waals surface area contributed by atoms with Gasteiger partial charge in [0.2, 0.25) is 0 Å². The van der Waals surface area contributed by atoms with Crippen LogP contribution in [0.25, 0.3) is 5.69 Å². The van der Waals surface area contributed by atoms with Crippen molar-refractivity contribution >= 4 is 5.91 Å². The Labute approximate surface area is 122 Å². The van der Waals surface area contributed by atoms with Crippen molar-refractivity contribution in [1.82, 2.24) is 14.7 Å². The molecular formula is C16H17N3O2. The number of para-hydroxylation sites is 1. The third-order valence-electron chi connectivity index (χ3n) is 4.40. The summed E-state index contributed by atoms with van der Waals surface area (Å²) in [6.07, 6.45) is 5.50. The van der Waals surface area contributed by atoms with Gasteiger partial charge in [0.25, 0.3) is 5.91 Å². The second kappa shape index (κ2) is 4.43. The van der Waals surface area contributed by atoms with Gasteiger partial charge in [-0.05, 0) is 30.9 Å². The lowest BCUT2D eigenvalue weighted by atomic mass is 9.88. The summed E-state index contributed by atoms with van der Waals surface area (Å²) in [7, 11) is 0. The van der Waals surface area contributed by atoms with Crippen LogP contribution < -0.4 is 0 Å². The van der Waals surface area contributed by atoms with E-state index in [4.69, 9.17) is 0 Å². The molecule has 108 valence electrons. The molecule has 1 aliphatic carbocycles. The summed E-state index contributed by atoms with van der Waals surface area (Å²) in [6, 6.07) is 9.69. The number of amides is 1. The Balaban J connectivity index is 1.48. The molecule has 2 aromatic rings. The van der Waals surface area contributed by atoms with E-state index >= 15 is 0 Å². The standard InChI is InChI=1S/C16H17N3O2/c20-15(18-10-16(21,11-18)13-6-7-13)12-8-17-19(9-12)14-4-2-1-3-5-14/h1-5,8-9,13,21H,6-7,10-11H2. The van der Waals surface area contributed by atoms with Gasteiger partial charge in [-0.25, -0.2) is 4.68 Å². The summed E-state index contributed by atoms with van der Waals surface area (Å²) in [4.78, 5) is 14.1. The average molecular weight is 283 g/mol. The Morgan fingerprint density at radius 3 is 2.62 bits per heavy atom. The molecule has 1 saturated carbocycles. The van der Waals surface area contributed by atoms with Crippen molar-refractivity contribution in [2.45, 2.75) is 18.4 Å². The SMILES string of the molecule is O=C(c1cnn(-c2ccccc2)c1)N1CC(O)(C2CC2)C1. The number of likely N-dealkylation sites (tertiary alicyclic amines) is 1. The van der Waals surface area contributed by atoms with Gasteiger partial charge in [-0.1, -0.05) is 18.2 Å². The minimum absolute atomic E-state index is 0.0532. The monoisotopic (exact) mass is 283 g/mol. The maximum absolute atomic E-state index is 12.4. The van der Waals surface area contributed by atoms with Crippen LogP contribution in [0.1, 0.15) is 23.2 Å². The summed E-state index contributed by atoms with van der Waals surface area (Å²) in [6.45, 7) is 0.903. The normalized spacial score (nSPS) is 20.1. The van der Waals surface area contributed by atoms with Crippen molar-refractivity contribution in [3.63, 3.8) is 0 Å². The van der Waals surface area contributed by atoms with Gasteiger partial charge in [-0.2, -0.15) is 5.10 Å². The molecule has 1 saturated heterocycles. The average Bonchev–Trinajstić information content (AvgIpc) is 3.22. The molecule has 5 nitrogen and oxygen atoms in total. The molecule has 0 unspecified atom stereocenters. The van der Waals surface area contributed by atoms with Crippen molar-refractivity contribution in [2.24, 2.45) is 5.92 Å². The zero-order chi connectivity index (χ0) is 14.4. The maximum Gasteiger partial charge on any atom is 0.257 e. The van der Waals surface area contributed by atoms with E-state index in [0.29, 0.717) is 24.6 Å². The fourth-order valence-electron chi connectivity index (χ4n) is 2.97. The Kier molecular flexibility index (Phi) is 2.65. The van der Waals surface area contributed by atoms with Crippen LogP contribution in [0.4, 0.5) is 0 Å². The van der Waals surface area contributed by atoms with Crippen molar-refractivity contribution < 1.29 is 9.90 Å². The molecule has 1 N–H and O–H groups in total. The van der Waals surface area contributed by atoms with E-state index in [1.54, 1.807) is 22.0 Å². The summed E-state index contributed by atoms with van der Waals surface area (Å²) >= 11 is 0. The van der Waals surface area contributed by atoms with Gasteiger partial charge in [0, 0.05) is 6.20 Å². The maximum atomic E-state index is 12.4. The first kappa shape index (κ1) is 12.6. The predicted octanol–water partition coefficient (Wildman–Crippen LogP) is 1.47. The lowest BCUT2D eigenvalue weighted by Gasteiger charge is -2.46. The molecule has 4 rings (SSSR count). The third-order valence-corrected chi connectivity index (χ3v) is 4.40. The van der Waals surface area contributed by atoms with E-state index in [2.05, 4.69) is 5.10 Å². The van der Waals surface area contributed by atoms with E-state index in [1.807, 2.05) is 30.3 Å². The van der Waals surface area contributed by atoms with Gasteiger partial charge in [0.05, 0.1) is 30.5 Å². The van der Waals surface area contributed by atoms with Crippen LogP contribution in [0.15, 0.2) is 42.7 Å². The second-order valence-electron chi connectivity index (χ2n) is 6.05. The molecule has 5 heteroatoms. The van der Waals surface area contributed by atoms with Crippen LogP contribution in [-0.2, 0) is 0 Å². The molecule has 0 radical (unpaired) electrons. The molecule has 1 aromatic heterocycles. The molecule has 0 atom stereocenters. The number of nitrogens with zero attached hydrogens (tertiary/aromatic N) is 3. The highest BCUT2D eigenvalue weighted by molar-refractivity contribution is 5.94. The fraction of sp³-hybridized carbons (Fsp3) is 0.375. The summed E-state index contributed by atoms with van der Waals surface area (Å²) in [5.74, 6) is 0.344. The van der Waals surface area contributed by atoms with E-state index in [9.17, 15) is 9.90 Å².